The Hall–Kier alpha value is -10.8. The molecule has 8 aromatic carbocycles. The summed E-state index contributed by atoms with van der Waals surface area (Å²) in [5, 5.41) is 29.0. The monoisotopic (exact) mass is 1170 g/mol. The molecule has 4 amide bonds. The van der Waals surface area contributed by atoms with E-state index in [1.807, 2.05) is 146 Å². The molecule has 0 fully saturated rings. The smallest absolute Gasteiger partial charge is 0.221 e. The first-order valence-corrected chi connectivity index (χ1v) is 25.9. The van der Waals surface area contributed by atoms with Crippen molar-refractivity contribution in [3.05, 3.63) is 146 Å². The van der Waals surface area contributed by atoms with Gasteiger partial charge in [0.05, 0.1) is 56.9 Å². The Balaban J connectivity index is 0.000000307. The van der Waals surface area contributed by atoms with Crippen molar-refractivity contribution in [1.29, 1.82) is 0 Å². The van der Waals surface area contributed by atoms with Gasteiger partial charge in [0.15, 0.2) is 68.7 Å². The van der Waals surface area contributed by atoms with Crippen LogP contribution in [0, 0.1) is 0 Å². The quantitative estimate of drug-likeness (QED) is 0.0518. The Bertz CT molecular complexity index is 3140. The molecule has 0 unspecified atom stereocenters. The van der Waals surface area contributed by atoms with Gasteiger partial charge in [0.25, 0.3) is 0 Å². The van der Waals surface area contributed by atoms with Crippen LogP contribution in [-0.4, -0.2) is 91.5 Å². The number of carbonyl (C=O) groups is 4. The molecule has 0 atom stereocenters. The van der Waals surface area contributed by atoms with Crippen LogP contribution >= 0.6 is 0 Å². The predicted molar refractivity (Wildman–Crippen MR) is 333 cm³/mol. The van der Waals surface area contributed by atoms with Gasteiger partial charge in [-0.15, -0.1) is 20.5 Å². The summed E-state index contributed by atoms with van der Waals surface area (Å²) in [5.74, 6) is 3.06. The van der Waals surface area contributed by atoms with Gasteiger partial charge in [-0.25, -0.2) is 0 Å². The number of carbonyl (C=O) groups excluding carboxylic acids is 4. The molecule has 0 bridgehead atoms. The molecule has 0 aliphatic heterocycles. The molecule has 0 spiro atoms. The number of methoxy groups -OCH3 is 8. The first kappa shape index (κ1) is 66.0. The van der Waals surface area contributed by atoms with Crippen LogP contribution in [0.3, 0.4) is 0 Å². The maximum atomic E-state index is 11.3. The fourth-order valence-corrected chi connectivity index (χ4v) is 8.63. The number of anilines is 4. The highest BCUT2D eigenvalue weighted by molar-refractivity contribution is 5.91. The van der Waals surface area contributed by atoms with Gasteiger partial charge in [-0.1, -0.05) is 48.5 Å². The highest BCUT2D eigenvalue weighted by atomic mass is 16.5. The van der Waals surface area contributed by atoms with Gasteiger partial charge in [0, 0.05) is 50.4 Å². The third-order valence-electron chi connectivity index (χ3n) is 12.6. The van der Waals surface area contributed by atoms with Crippen LogP contribution in [-0.2, 0) is 19.2 Å². The molecule has 22 heteroatoms. The van der Waals surface area contributed by atoms with Crippen molar-refractivity contribution < 1.29 is 68.0 Å². The van der Waals surface area contributed by atoms with Crippen molar-refractivity contribution in [3.8, 4) is 90.5 Å². The van der Waals surface area contributed by atoms with Crippen LogP contribution in [0.25, 0.3) is 44.5 Å². The number of ether oxygens (including phenoxy) is 8. The minimum absolute atomic E-state index is 0. The molecule has 0 heterocycles. The third kappa shape index (κ3) is 16.7. The van der Waals surface area contributed by atoms with E-state index in [4.69, 9.17) is 37.9 Å². The van der Waals surface area contributed by atoms with E-state index >= 15 is 0 Å². The third-order valence-corrected chi connectivity index (χ3v) is 12.6. The molecule has 448 valence electrons. The molecular weight excluding hydrogens is 1100 g/mol. The lowest BCUT2D eigenvalue weighted by atomic mass is 10.0. The van der Waals surface area contributed by atoms with Crippen LogP contribution in [0.1, 0.15) is 27.7 Å². The SMILES string of the molecule is COc1cc(-c2ccc(NC(C)=O)cc2)cc(OC)c1N=Nc1c(OC)cc(-c2ccc(NC(C)=O)cc2)cc1OC.COc1cc(-c2ccc(NC(C)=O)cc2)cc(OC)c1N=Nc1c(OC)cc(-c2ccc(NC(C)=O)cc2)cc1OC.O.O. The molecule has 8 aromatic rings. The number of benzene rings is 8. The minimum atomic E-state index is -0.138. The van der Waals surface area contributed by atoms with Gasteiger partial charge in [-0.3, -0.25) is 19.2 Å². The number of rotatable bonds is 20. The number of hydrogen-bond donors (Lipinski definition) is 4. The van der Waals surface area contributed by atoms with E-state index in [0.717, 1.165) is 44.5 Å². The van der Waals surface area contributed by atoms with Crippen LogP contribution in [0.15, 0.2) is 166 Å². The largest absolute Gasteiger partial charge is 0.494 e. The molecule has 0 saturated carbocycles. The topological polar surface area (TPSA) is 303 Å². The summed E-state index contributed by atoms with van der Waals surface area (Å²) in [5.41, 5.74) is 11.3. The predicted octanol–water partition coefficient (Wildman–Crippen LogP) is 13.1. The lowest BCUT2D eigenvalue weighted by molar-refractivity contribution is -0.115. The highest BCUT2D eigenvalue weighted by Gasteiger charge is 2.20. The highest BCUT2D eigenvalue weighted by Crippen LogP contribution is 2.48. The average Bonchev–Trinajstić information content (AvgIpc) is 2.06. The summed E-state index contributed by atoms with van der Waals surface area (Å²) in [6.07, 6.45) is 0. The Morgan fingerprint density at radius 1 is 0.256 bits per heavy atom. The zero-order chi connectivity index (χ0) is 60.5. The second kappa shape index (κ2) is 31.0. The summed E-state index contributed by atoms with van der Waals surface area (Å²) < 4.78 is 45.3. The van der Waals surface area contributed by atoms with E-state index in [-0.39, 0.29) is 34.6 Å². The summed E-state index contributed by atoms with van der Waals surface area (Å²) in [7, 11) is 12.4. The molecular formula is C64H68N8O14. The zero-order valence-electron chi connectivity index (χ0n) is 49.5. The van der Waals surface area contributed by atoms with Gasteiger partial charge < -0.3 is 70.1 Å². The van der Waals surface area contributed by atoms with Gasteiger partial charge >= 0.3 is 0 Å². The van der Waals surface area contributed by atoms with Gasteiger partial charge in [0.1, 0.15) is 0 Å². The number of hydrogen-bond acceptors (Lipinski definition) is 16. The molecule has 86 heavy (non-hydrogen) atoms. The first-order valence-electron chi connectivity index (χ1n) is 25.9. The number of amides is 4. The molecule has 8 rings (SSSR count). The molecule has 0 aliphatic rings. The number of nitrogens with one attached hydrogen (secondary N) is 4. The standard InChI is InChI=1S/2C32H32N4O6.2H2O/c2*1-19(37)33-25-11-7-21(8-12-25)23-15-27(39-3)31(28(16-23)40-4)35-36-32-29(41-5)17-24(18-30(32)42-6)22-9-13-26(14-10-22)34-20(2)38;;/h2*7-18H,1-6H3,(H,33,37)(H,34,38);2*1H2. The fourth-order valence-electron chi connectivity index (χ4n) is 8.63. The lowest BCUT2D eigenvalue weighted by Gasteiger charge is -2.14. The molecule has 0 radical (unpaired) electrons. The maximum Gasteiger partial charge on any atom is 0.221 e. The summed E-state index contributed by atoms with van der Waals surface area (Å²) in [4.78, 5) is 45.4. The van der Waals surface area contributed by atoms with E-state index in [1.54, 1.807) is 56.9 Å². The van der Waals surface area contributed by atoms with E-state index in [0.29, 0.717) is 91.5 Å². The van der Waals surface area contributed by atoms with Gasteiger partial charge in [-0.2, -0.15) is 0 Å². The van der Waals surface area contributed by atoms with E-state index in [1.165, 1.54) is 27.7 Å². The van der Waals surface area contributed by atoms with Crippen molar-refractivity contribution in [2.24, 2.45) is 20.5 Å². The normalized spacial score (nSPS) is 10.5. The molecule has 8 N–H and O–H groups in total. The second-order valence-corrected chi connectivity index (χ2v) is 18.4. The van der Waals surface area contributed by atoms with Crippen molar-refractivity contribution in [1.82, 2.24) is 0 Å². The van der Waals surface area contributed by atoms with Crippen molar-refractivity contribution in [2.45, 2.75) is 27.7 Å². The van der Waals surface area contributed by atoms with E-state index in [2.05, 4.69) is 41.7 Å². The summed E-state index contributed by atoms with van der Waals surface area (Å²) in [6, 6.07) is 44.5. The molecule has 0 saturated heterocycles. The van der Waals surface area contributed by atoms with Crippen LogP contribution in [0.4, 0.5) is 45.5 Å². The molecule has 0 aliphatic carbocycles. The van der Waals surface area contributed by atoms with Crippen molar-refractivity contribution in [2.75, 3.05) is 78.1 Å². The van der Waals surface area contributed by atoms with Crippen LogP contribution in [0.2, 0.25) is 0 Å². The van der Waals surface area contributed by atoms with Crippen LogP contribution < -0.4 is 59.2 Å². The van der Waals surface area contributed by atoms with Gasteiger partial charge in [0.2, 0.25) is 23.6 Å². The van der Waals surface area contributed by atoms with Gasteiger partial charge in [-0.05, 0) is 142 Å². The van der Waals surface area contributed by atoms with E-state index < -0.39 is 0 Å². The number of nitrogens with zero attached hydrogens (tertiary/aromatic N) is 4. The molecule has 22 nitrogen and oxygen atoms in total. The van der Waals surface area contributed by atoms with Crippen molar-refractivity contribution >= 4 is 69.1 Å². The second-order valence-electron chi connectivity index (χ2n) is 18.4. The van der Waals surface area contributed by atoms with Crippen molar-refractivity contribution in [3.63, 3.8) is 0 Å². The lowest BCUT2D eigenvalue weighted by Crippen LogP contribution is -2.05. The molecule has 0 aromatic heterocycles. The number of azo groups is 2. The Morgan fingerprint density at radius 3 is 0.512 bits per heavy atom. The zero-order valence-corrected chi connectivity index (χ0v) is 49.5. The average molecular weight is 1170 g/mol. The summed E-state index contributed by atoms with van der Waals surface area (Å²) >= 11 is 0. The Labute approximate surface area is 497 Å². The fraction of sp³-hybridized carbons (Fsp3) is 0.188. The Kier molecular flexibility index (Phi) is 23.8. The maximum absolute atomic E-state index is 11.3. The Morgan fingerprint density at radius 2 is 0.395 bits per heavy atom. The summed E-state index contributed by atoms with van der Waals surface area (Å²) in [6.45, 7) is 5.85. The minimum Gasteiger partial charge on any atom is -0.494 e. The first-order chi connectivity index (χ1) is 40.5. The van der Waals surface area contributed by atoms with E-state index in [9.17, 15) is 19.2 Å². The van der Waals surface area contributed by atoms with Crippen LogP contribution in [0.5, 0.6) is 46.0 Å².